The maximum atomic E-state index is 14.2. The lowest BCUT2D eigenvalue weighted by molar-refractivity contribution is 0.209. The normalized spacial score (nSPS) is 10.7. The van der Waals surface area contributed by atoms with Crippen molar-refractivity contribution < 1.29 is 18.7 Å². The number of methoxy groups -OCH3 is 2. The Balaban J connectivity index is 1.59. The van der Waals surface area contributed by atoms with Gasteiger partial charge in [0.25, 0.3) is 0 Å². The number of hydrogen-bond acceptors (Lipinski definition) is 4. The van der Waals surface area contributed by atoms with Gasteiger partial charge in [0.1, 0.15) is 11.0 Å². The highest BCUT2D eigenvalue weighted by Crippen LogP contribution is 2.28. The first kappa shape index (κ1) is 24.3. The van der Waals surface area contributed by atoms with Gasteiger partial charge in [-0.25, -0.2) is 14.2 Å². The average molecular weight is 494 g/mol. The lowest BCUT2D eigenvalue weighted by atomic mass is 10.1. The fourth-order valence-electron chi connectivity index (χ4n) is 3.76. The molecule has 0 aliphatic rings. The summed E-state index contributed by atoms with van der Waals surface area (Å²) in [7, 11) is 3.15. The molecular weight excluding hydrogens is 469 g/mol. The number of carbonyl (C=O) groups excluding carboxylic acids is 1. The van der Waals surface area contributed by atoms with Crippen molar-refractivity contribution in [2.24, 2.45) is 0 Å². The van der Waals surface area contributed by atoms with Gasteiger partial charge in [0.15, 0.2) is 11.5 Å². The van der Waals surface area contributed by atoms with Crippen LogP contribution in [0.25, 0.3) is 10.9 Å². The molecule has 8 heteroatoms. The third-order valence-electron chi connectivity index (χ3n) is 5.63. The molecule has 4 aromatic rings. The third kappa shape index (κ3) is 5.81. The zero-order valence-corrected chi connectivity index (χ0v) is 20.2. The quantitative estimate of drug-likeness (QED) is 0.292. The highest BCUT2D eigenvalue weighted by molar-refractivity contribution is 6.30. The summed E-state index contributed by atoms with van der Waals surface area (Å²) in [5.74, 6) is 0.722. The SMILES string of the molecule is COc1ccc(CCN(Cc2cc3ccccc3nc2Cl)C(=O)Nc2ccccc2F)cc1OC. The molecule has 3 aromatic carbocycles. The van der Waals surface area contributed by atoms with Gasteiger partial charge >= 0.3 is 6.03 Å². The predicted octanol–water partition coefficient (Wildman–Crippen LogP) is 6.32. The van der Waals surface area contributed by atoms with Gasteiger partial charge in [0, 0.05) is 17.5 Å². The Morgan fingerprint density at radius 2 is 1.74 bits per heavy atom. The summed E-state index contributed by atoms with van der Waals surface area (Å²) in [6, 6.07) is 20.8. The van der Waals surface area contributed by atoms with Crippen molar-refractivity contribution in [1.29, 1.82) is 0 Å². The molecule has 0 spiro atoms. The van der Waals surface area contributed by atoms with Gasteiger partial charge in [-0.2, -0.15) is 0 Å². The minimum Gasteiger partial charge on any atom is -0.493 e. The second-order valence-corrected chi connectivity index (χ2v) is 8.26. The van der Waals surface area contributed by atoms with Crippen molar-refractivity contribution >= 4 is 34.2 Å². The predicted molar refractivity (Wildman–Crippen MR) is 136 cm³/mol. The van der Waals surface area contributed by atoms with Crippen molar-refractivity contribution in [2.45, 2.75) is 13.0 Å². The second-order valence-electron chi connectivity index (χ2n) is 7.90. The van der Waals surface area contributed by atoms with E-state index in [0.29, 0.717) is 35.2 Å². The van der Waals surface area contributed by atoms with E-state index < -0.39 is 11.8 Å². The van der Waals surface area contributed by atoms with Crippen LogP contribution in [0.4, 0.5) is 14.9 Å². The van der Waals surface area contributed by atoms with Crippen molar-refractivity contribution in [3.05, 3.63) is 94.9 Å². The molecule has 0 saturated heterocycles. The van der Waals surface area contributed by atoms with Crippen LogP contribution in [0.5, 0.6) is 11.5 Å². The van der Waals surface area contributed by atoms with E-state index in [4.69, 9.17) is 21.1 Å². The van der Waals surface area contributed by atoms with Crippen molar-refractivity contribution in [2.75, 3.05) is 26.1 Å². The van der Waals surface area contributed by atoms with Gasteiger partial charge in [0.05, 0.1) is 32.0 Å². The van der Waals surface area contributed by atoms with Crippen LogP contribution in [0.3, 0.4) is 0 Å². The van der Waals surface area contributed by atoms with Gasteiger partial charge < -0.3 is 19.7 Å². The lowest BCUT2D eigenvalue weighted by Crippen LogP contribution is -2.36. The number of benzene rings is 3. The molecule has 1 heterocycles. The first-order chi connectivity index (χ1) is 17.0. The molecule has 0 radical (unpaired) electrons. The summed E-state index contributed by atoms with van der Waals surface area (Å²) in [4.78, 5) is 19.3. The molecule has 1 aromatic heterocycles. The summed E-state index contributed by atoms with van der Waals surface area (Å²) in [6.07, 6.45) is 0.531. The fraction of sp³-hybridized carbons (Fsp3) is 0.185. The molecule has 6 nitrogen and oxygen atoms in total. The maximum absolute atomic E-state index is 14.2. The molecule has 4 rings (SSSR count). The van der Waals surface area contributed by atoms with Crippen LogP contribution in [0, 0.1) is 5.82 Å². The number of amides is 2. The molecule has 0 fully saturated rings. The smallest absolute Gasteiger partial charge is 0.322 e. The number of anilines is 1. The largest absolute Gasteiger partial charge is 0.493 e. The summed E-state index contributed by atoms with van der Waals surface area (Å²) < 4.78 is 24.9. The van der Waals surface area contributed by atoms with E-state index in [1.54, 1.807) is 31.3 Å². The lowest BCUT2D eigenvalue weighted by Gasteiger charge is -2.24. The highest BCUT2D eigenvalue weighted by Gasteiger charge is 2.18. The van der Waals surface area contributed by atoms with E-state index in [2.05, 4.69) is 10.3 Å². The summed E-state index contributed by atoms with van der Waals surface area (Å²) >= 11 is 6.47. The van der Waals surface area contributed by atoms with Crippen LogP contribution >= 0.6 is 11.6 Å². The van der Waals surface area contributed by atoms with Crippen molar-refractivity contribution in [3.63, 3.8) is 0 Å². The number of fused-ring (bicyclic) bond motifs is 1. The first-order valence-electron chi connectivity index (χ1n) is 11.0. The van der Waals surface area contributed by atoms with Crippen LogP contribution < -0.4 is 14.8 Å². The summed E-state index contributed by atoms with van der Waals surface area (Å²) in [5.41, 5.74) is 2.53. The number of urea groups is 1. The average Bonchev–Trinajstić information content (AvgIpc) is 2.87. The standard InChI is InChI=1S/C27H25ClFN3O3/c1-34-24-12-11-18(15-25(24)35-2)13-14-32(27(33)31-23-10-6-4-8-21(23)29)17-20-16-19-7-3-5-9-22(19)30-26(20)28/h3-12,15-16H,13-14,17H2,1-2H3,(H,31,33). The number of ether oxygens (including phenoxy) is 2. The molecule has 1 N–H and O–H groups in total. The van der Waals surface area contributed by atoms with Gasteiger partial charge in [-0.3, -0.25) is 0 Å². The number of nitrogens with zero attached hydrogens (tertiary/aromatic N) is 2. The summed E-state index contributed by atoms with van der Waals surface area (Å²) in [6.45, 7) is 0.545. The Morgan fingerprint density at radius 1 is 1.00 bits per heavy atom. The van der Waals surface area contributed by atoms with E-state index in [1.165, 1.54) is 12.1 Å². The van der Waals surface area contributed by atoms with Gasteiger partial charge in [-0.1, -0.05) is 48.0 Å². The van der Waals surface area contributed by atoms with Crippen LogP contribution in [-0.2, 0) is 13.0 Å². The number of aromatic nitrogens is 1. The van der Waals surface area contributed by atoms with Crippen LogP contribution in [0.15, 0.2) is 72.8 Å². The van der Waals surface area contributed by atoms with E-state index in [0.717, 1.165) is 16.5 Å². The third-order valence-corrected chi connectivity index (χ3v) is 5.96. The maximum Gasteiger partial charge on any atom is 0.322 e. The number of rotatable bonds is 8. The zero-order valence-electron chi connectivity index (χ0n) is 19.4. The monoisotopic (exact) mass is 493 g/mol. The Kier molecular flexibility index (Phi) is 7.67. The Hall–Kier alpha value is -3.84. The Labute approximate surface area is 208 Å². The molecule has 0 saturated carbocycles. The molecule has 0 aliphatic carbocycles. The number of hydrogen-bond donors (Lipinski definition) is 1. The van der Waals surface area contributed by atoms with E-state index in [9.17, 15) is 9.18 Å². The minimum absolute atomic E-state index is 0.108. The van der Waals surface area contributed by atoms with Gasteiger partial charge in [-0.15, -0.1) is 0 Å². The zero-order chi connectivity index (χ0) is 24.8. The minimum atomic E-state index is -0.508. The molecule has 0 bridgehead atoms. The molecule has 180 valence electrons. The van der Waals surface area contributed by atoms with Crippen molar-refractivity contribution in [3.8, 4) is 11.5 Å². The number of halogens is 2. The highest BCUT2D eigenvalue weighted by atomic mass is 35.5. The van der Waals surface area contributed by atoms with Crippen molar-refractivity contribution in [1.82, 2.24) is 9.88 Å². The number of pyridine rings is 1. The van der Waals surface area contributed by atoms with E-state index in [1.807, 2.05) is 48.5 Å². The van der Waals surface area contributed by atoms with Gasteiger partial charge in [-0.05, 0) is 48.4 Å². The Morgan fingerprint density at radius 3 is 2.51 bits per heavy atom. The molecule has 35 heavy (non-hydrogen) atoms. The van der Waals surface area contributed by atoms with Crippen LogP contribution in [-0.4, -0.2) is 36.7 Å². The number of carbonyl (C=O) groups is 1. The topological polar surface area (TPSA) is 63.7 Å². The first-order valence-corrected chi connectivity index (χ1v) is 11.4. The molecule has 0 unspecified atom stereocenters. The van der Waals surface area contributed by atoms with E-state index in [-0.39, 0.29) is 12.2 Å². The second kappa shape index (κ2) is 11.1. The number of para-hydroxylation sites is 2. The van der Waals surface area contributed by atoms with Crippen LogP contribution in [0.1, 0.15) is 11.1 Å². The van der Waals surface area contributed by atoms with E-state index >= 15 is 0 Å². The molecule has 2 amide bonds. The summed E-state index contributed by atoms with van der Waals surface area (Å²) in [5, 5.41) is 3.90. The molecule has 0 atom stereocenters. The van der Waals surface area contributed by atoms with Crippen LogP contribution in [0.2, 0.25) is 5.15 Å². The Bertz CT molecular complexity index is 1350. The molecule has 0 aliphatic heterocycles. The van der Waals surface area contributed by atoms with Gasteiger partial charge in [0.2, 0.25) is 0 Å². The number of nitrogens with one attached hydrogen (secondary N) is 1. The molecular formula is C27H25ClFN3O3. The fourth-order valence-corrected chi connectivity index (χ4v) is 3.97.